The molecule has 3 rings (SSSR count). The fourth-order valence-corrected chi connectivity index (χ4v) is 3.13. The lowest BCUT2D eigenvalue weighted by Crippen LogP contribution is -2.36. The smallest absolute Gasteiger partial charge is 0.317 e. The molecule has 1 aliphatic rings. The second-order valence-corrected chi connectivity index (χ2v) is 6.87. The van der Waals surface area contributed by atoms with Crippen LogP contribution in [0.3, 0.4) is 0 Å². The SMILES string of the molecule is Cc1cc(CN(C)C(=O)NCc2ccc(N3CCCCCC3)nc2)no1. The first-order chi connectivity index (χ1) is 12.6. The first-order valence-electron chi connectivity index (χ1n) is 9.23. The minimum absolute atomic E-state index is 0.151. The second kappa shape index (κ2) is 8.69. The Labute approximate surface area is 154 Å². The molecule has 1 aliphatic heterocycles. The molecule has 2 amide bonds. The van der Waals surface area contributed by atoms with Crippen molar-refractivity contribution in [1.82, 2.24) is 20.4 Å². The fourth-order valence-electron chi connectivity index (χ4n) is 3.13. The molecule has 0 saturated carbocycles. The van der Waals surface area contributed by atoms with Crippen molar-refractivity contribution in [2.24, 2.45) is 0 Å². The molecule has 0 aromatic carbocycles. The van der Waals surface area contributed by atoms with Crippen LogP contribution in [0.15, 0.2) is 28.9 Å². The van der Waals surface area contributed by atoms with Crippen LogP contribution in [0.2, 0.25) is 0 Å². The van der Waals surface area contributed by atoms with Crippen LogP contribution in [0.5, 0.6) is 0 Å². The third kappa shape index (κ3) is 4.97. The van der Waals surface area contributed by atoms with Gasteiger partial charge in [0.05, 0.1) is 6.54 Å². The van der Waals surface area contributed by atoms with Crippen LogP contribution < -0.4 is 10.2 Å². The zero-order valence-electron chi connectivity index (χ0n) is 15.6. The number of nitrogens with one attached hydrogen (secondary N) is 1. The molecule has 26 heavy (non-hydrogen) atoms. The Hall–Kier alpha value is -2.57. The summed E-state index contributed by atoms with van der Waals surface area (Å²) in [6.45, 7) is 4.85. The fraction of sp³-hybridized carbons (Fsp3) is 0.526. The van der Waals surface area contributed by atoms with E-state index in [0.717, 1.165) is 35.9 Å². The highest BCUT2D eigenvalue weighted by Gasteiger charge is 2.13. The monoisotopic (exact) mass is 357 g/mol. The predicted octanol–water partition coefficient (Wildman–Crippen LogP) is 3.10. The van der Waals surface area contributed by atoms with Crippen molar-refractivity contribution in [3.05, 3.63) is 41.4 Å². The quantitative estimate of drug-likeness (QED) is 0.890. The molecule has 2 aromatic heterocycles. The van der Waals surface area contributed by atoms with Gasteiger partial charge in [0.25, 0.3) is 0 Å². The number of anilines is 1. The lowest BCUT2D eigenvalue weighted by molar-refractivity contribution is 0.205. The molecule has 7 heteroatoms. The van der Waals surface area contributed by atoms with Crippen LogP contribution in [-0.4, -0.2) is 41.2 Å². The number of urea groups is 1. The maximum absolute atomic E-state index is 12.2. The molecular formula is C19H27N5O2. The van der Waals surface area contributed by atoms with Crippen LogP contribution in [0, 0.1) is 6.92 Å². The summed E-state index contributed by atoms with van der Waals surface area (Å²) in [7, 11) is 1.74. The summed E-state index contributed by atoms with van der Waals surface area (Å²) in [5.41, 5.74) is 1.73. The maximum Gasteiger partial charge on any atom is 0.317 e. The summed E-state index contributed by atoms with van der Waals surface area (Å²) in [5, 5.41) is 6.82. The Kier molecular flexibility index (Phi) is 6.09. The van der Waals surface area contributed by atoms with Gasteiger partial charge in [0, 0.05) is 38.9 Å². The summed E-state index contributed by atoms with van der Waals surface area (Å²) < 4.78 is 5.02. The van der Waals surface area contributed by atoms with Gasteiger partial charge in [0.2, 0.25) is 0 Å². The first-order valence-corrected chi connectivity index (χ1v) is 9.23. The topological polar surface area (TPSA) is 74.5 Å². The molecule has 7 nitrogen and oxygen atoms in total. The number of rotatable bonds is 5. The molecule has 1 saturated heterocycles. The molecule has 0 atom stereocenters. The summed E-state index contributed by atoms with van der Waals surface area (Å²) in [6, 6.07) is 5.76. The summed E-state index contributed by atoms with van der Waals surface area (Å²) in [4.78, 5) is 20.7. The average Bonchev–Trinajstić information content (AvgIpc) is 2.89. The van der Waals surface area contributed by atoms with Crippen molar-refractivity contribution in [3.8, 4) is 0 Å². The number of nitrogens with zero attached hydrogens (tertiary/aromatic N) is 4. The van der Waals surface area contributed by atoms with Crippen molar-refractivity contribution >= 4 is 11.8 Å². The van der Waals surface area contributed by atoms with Gasteiger partial charge in [-0.2, -0.15) is 0 Å². The van der Waals surface area contributed by atoms with Crippen molar-refractivity contribution in [2.45, 2.75) is 45.7 Å². The van der Waals surface area contributed by atoms with E-state index in [2.05, 4.69) is 26.4 Å². The zero-order chi connectivity index (χ0) is 18.4. The van der Waals surface area contributed by atoms with E-state index in [9.17, 15) is 4.79 Å². The van der Waals surface area contributed by atoms with E-state index in [-0.39, 0.29) is 6.03 Å². The van der Waals surface area contributed by atoms with Gasteiger partial charge in [-0.25, -0.2) is 9.78 Å². The minimum atomic E-state index is -0.151. The number of amides is 2. The van der Waals surface area contributed by atoms with Crippen molar-refractivity contribution in [2.75, 3.05) is 25.0 Å². The van der Waals surface area contributed by atoms with E-state index >= 15 is 0 Å². The van der Waals surface area contributed by atoms with E-state index < -0.39 is 0 Å². The van der Waals surface area contributed by atoms with Crippen LogP contribution in [0.1, 0.15) is 42.7 Å². The largest absolute Gasteiger partial charge is 0.361 e. The van der Waals surface area contributed by atoms with Gasteiger partial charge in [-0.05, 0) is 31.4 Å². The van der Waals surface area contributed by atoms with Gasteiger partial charge in [-0.3, -0.25) is 0 Å². The van der Waals surface area contributed by atoms with E-state index in [1.54, 1.807) is 11.9 Å². The standard InChI is InChI=1S/C19H27N5O2/c1-15-11-17(22-26-15)14-23(2)19(25)21-13-16-7-8-18(20-12-16)24-9-5-3-4-6-10-24/h7-8,11-12H,3-6,9-10,13-14H2,1-2H3,(H,21,25). The van der Waals surface area contributed by atoms with Crippen LogP contribution >= 0.6 is 0 Å². The van der Waals surface area contributed by atoms with Crippen LogP contribution in [0.25, 0.3) is 0 Å². The molecule has 0 bridgehead atoms. The second-order valence-electron chi connectivity index (χ2n) is 6.87. The third-order valence-electron chi connectivity index (χ3n) is 4.61. The Balaban J connectivity index is 1.48. The van der Waals surface area contributed by atoms with Crippen LogP contribution in [-0.2, 0) is 13.1 Å². The number of hydrogen-bond acceptors (Lipinski definition) is 5. The number of aryl methyl sites for hydroxylation is 1. The number of aromatic nitrogens is 2. The Morgan fingerprint density at radius 1 is 1.27 bits per heavy atom. The zero-order valence-corrected chi connectivity index (χ0v) is 15.6. The molecule has 0 unspecified atom stereocenters. The van der Waals surface area contributed by atoms with E-state index in [0.29, 0.717) is 13.1 Å². The first kappa shape index (κ1) is 18.2. The van der Waals surface area contributed by atoms with Crippen molar-refractivity contribution in [3.63, 3.8) is 0 Å². The molecule has 2 aromatic rings. The molecule has 0 radical (unpaired) electrons. The number of carbonyl (C=O) groups excluding carboxylic acids is 1. The molecule has 0 spiro atoms. The third-order valence-corrected chi connectivity index (χ3v) is 4.61. The molecule has 140 valence electrons. The Morgan fingerprint density at radius 2 is 2.04 bits per heavy atom. The number of pyridine rings is 1. The average molecular weight is 357 g/mol. The molecule has 0 aliphatic carbocycles. The van der Waals surface area contributed by atoms with E-state index in [1.807, 2.05) is 25.3 Å². The Morgan fingerprint density at radius 3 is 2.65 bits per heavy atom. The van der Waals surface area contributed by atoms with Gasteiger partial charge in [0.15, 0.2) is 0 Å². The van der Waals surface area contributed by atoms with Gasteiger partial charge in [-0.1, -0.05) is 24.1 Å². The van der Waals surface area contributed by atoms with Gasteiger partial charge >= 0.3 is 6.03 Å². The van der Waals surface area contributed by atoms with Gasteiger partial charge in [0.1, 0.15) is 17.3 Å². The van der Waals surface area contributed by atoms with E-state index in [1.165, 1.54) is 25.7 Å². The summed E-state index contributed by atoms with van der Waals surface area (Å²) in [6.07, 6.45) is 6.93. The minimum Gasteiger partial charge on any atom is -0.361 e. The van der Waals surface area contributed by atoms with Gasteiger partial charge < -0.3 is 19.6 Å². The highest BCUT2D eigenvalue weighted by atomic mass is 16.5. The highest BCUT2D eigenvalue weighted by molar-refractivity contribution is 5.73. The molecule has 1 fully saturated rings. The highest BCUT2D eigenvalue weighted by Crippen LogP contribution is 2.17. The molecular weight excluding hydrogens is 330 g/mol. The van der Waals surface area contributed by atoms with Crippen LogP contribution in [0.4, 0.5) is 10.6 Å². The van der Waals surface area contributed by atoms with Gasteiger partial charge in [-0.15, -0.1) is 0 Å². The van der Waals surface area contributed by atoms with E-state index in [4.69, 9.17) is 4.52 Å². The number of carbonyl (C=O) groups is 1. The number of hydrogen-bond donors (Lipinski definition) is 1. The lowest BCUT2D eigenvalue weighted by Gasteiger charge is -2.21. The maximum atomic E-state index is 12.2. The normalized spacial score (nSPS) is 14.8. The lowest BCUT2D eigenvalue weighted by atomic mass is 10.2. The predicted molar refractivity (Wildman–Crippen MR) is 99.9 cm³/mol. The summed E-state index contributed by atoms with van der Waals surface area (Å²) in [5.74, 6) is 1.77. The summed E-state index contributed by atoms with van der Waals surface area (Å²) >= 11 is 0. The van der Waals surface area contributed by atoms with Crippen molar-refractivity contribution < 1.29 is 9.32 Å². The molecule has 3 heterocycles. The Bertz CT molecular complexity index is 705. The van der Waals surface area contributed by atoms with Crippen molar-refractivity contribution in [1.29, 1.82) is 0 Å². The molecule has 1 N–H and O–H groups in total.